The van der Waals surface area contributed by atoms with E-state index in [-0.39, 0.29) is 5.60 Å². The van der Waals surface area contributed by atoms with Crippen LogP contribution in [-0.2, 0) is 4.74 Å². The summed E-state index contributed by atoms with van der Waals surface area (Å²) in [5, 5.41) is 6.50. The maximum Gasteiger partial charge on any atom is 0.0643 e. The fraction of sp³-hybridized carbons (Fsp3) is 0.867. The zero-order valence-electron chi connectivity index (χ0n) is 13.6. The zero-order valence-corrected chi connectivity index (χ0v) is 13.6. The molecule has 4 nitrogen and oxygen atoms in total. The van der Waals surface area contributed by atoms with E-state index in [1.165, 1.54) is 0 Å². The molecule has 0 radical (unpaired) electrons. The van der Waals surface area contributed by atoms with Gasteiger partial charge in [0.1, 0.15) is 0 Å². The quantitative estimate of drug-likeness (QED) is 0.570. The lowest BCUT2D eigenvalue weighted by atomic mass is 10.0. The molecule has 0 aromatic carbocycles. The van der Waals surface area contributed by atoms with Crippen LogP contribution in [0.2, 0.25) is 0 Å². The summed E-state index contributed by atoms with van der Waals surface area (Å²) in [6.07, 6.45) is 2.09. The van der Waals surface area contributed by atoms with Gasteiger partial charge in [-0.15, -0.1) is 0 Å². The molecule has 4 N–H and O–H groups in total. The van der Waals surface area contributed by atoms with Crippen LogP contribution in [-0.4, -0.2) is 32.3 Å². The molecule has 0 saturated heterocycles. The summed E-state index contributed by atoms with van der Waals surface area (Å²) in [6.45, 7) is 13.0. The minimum atomic E-state index is -0.0787. The summed E-state index contributed by atoms with van der Waals surface area (Å²) in [7, 11) is 1.90. The number of likely N-dealkylation sites (N-methyl/N-ethyl adjacent to an activating group) is 1. The first-order chi connectivity index (χ1) is 8.82. The van der Waals surface area contributed by atoms with Crippen molar-refractivity contribution < 1.29 is 4.74 Å². The first-order valence-corrected chi connectivity index (χ1v) is 7.27. The number of nitrogens with two attached hydrogens (primary N) is 1. The third-order valence-corrected chi connectivity index (χ3v) is 3.26. The van der Waals surface area contributed by atoms with Crippen molar-refractivity contribution in [3.63, 3.8) is 0 Å². The highest BCUT2D eigenvalue weighted by Gasteiger charge is 2.17. The van der Waals surface area contributed by atoms with E-state index < -0.39 is 0 Å². The second-order valence-electron chi connectivity index (χ2n) is 6.03. The van der Waals surface area contributed by atoms with Crippen molar-refractivity contribution in [3.8, 4) is 0 Å². The van der Waals surface area contributed by atoms with E-state index in [1.807, 2.05) is 14.0 Å². The van der Waals surface area contributed by atoms with Crippen molar-refractivity contribution in [3.05, 3.63) is 11.4 Å². The maximum atomic E-state index is 5.94. The van der Waals surface area contributed by atoms with Gasteiger partial charge in [-0.25, -0.2) is 0 Å². The molecule has 0 fully saturated rings. The van der Waals surface area contributed by atoms with E-state index in [0.29, 0.717) is 12.5 Å². The van der Waals surface area contributed by atoms with Crippen LogP contribution >= 0.6 is 0 Å². The summed E-state index contributed by atoms with van der Waals surface area (Å²) < 4.78 is 5.94. The van der Waals surface area contributed by atoms with Crippen molar-refractivity contribution in [2.45, 2.75) is 53.1 Å². The molecule has 0 heterocycles. The van der Waals surface area contributed by atoms with Gasteiger partial charge in [0.25, 0.3) is 0 Å². The first-order valence-electron chi connectivity index (χ1n) is 7.27. The Labute approximate surface area is 119 Å². The summed E-state index contributed by atoms with van der Waals surface area (Å²) in [4.78, 5) is 0. The third-order valence-electron chi connectivity index (χ3n) is 3.26. The summed E-state index contributed by atoms with van der Waals surface area (Å²) >= 11 is 0. The molecule has 0 aromatic rings. The average molecular weight is 271 g/mol. The Morgan fingerprint density at radius 2 is 1.95 bits per heavy atom. The average Bonchev–Trinajstić information content (AvgIpc) is 2.29. The summed E-state index contributed by atoms with van der Waals surface area (Å²) in [6, 6.07) is 0. The lowest BCUT2D eigenvalue weighted by molar-refractivity contribution is -0.0269. The number of hydrogen-bond donors (Lipinski definition) is 3. The molecule has 0 amide bonds. The van der Waals surface area contributed by atoms with Gasteiger partial charge in [0.15, 0.2) is 0 Å². The molecular weight excluding hydrogens is 238 g/mol. The van der Waals surface area contributed by atoms with Gasteiger partial charge < -0.3 is 21.1 Å². The second-order valence-corrected chi connectivity index (χ2v) is 6.03. The lowest BCUT2D eigenvalue weighted by Gasteiger charge is -2.26. The van der Waals surface area contributed by atoms with Crippen molar-refractivity contribution >= 4 is 0 Å². The number of allylic oxidation sites excluding steroid dienone is 1. The van der Waals surface area contributed by atoms with Crippen molar-refractivity contribution in [1.82, 2.24) is 10.6 Å². The van der Waals surface area contributed by atoms with Crippen LogP contribution in [0.5, 0.6) is 0 Å². The molecule has 0 aliphatic heterocycles. The van der Waals surface area contributed by atoms with Gasteiger partial charge >= 0.3 is 0 Å². The fourth-order valence-corrected chi connectivity index (χ4v) is 1.74. The van der Waals surface area contributed by atoms with Crippen LogP contribution in [0.4, 0.5) is 0 Å². The summed E-state index contributed by atoms with van der Waals surface area (Å²) in [5.41, 5.74) is 7.74. The highest BCUT2D eigenvalue weighted by molar-refractivity contribution is 5.09. The molecule has 0 spiro atoms. The lowest BCUT2D eigenvalue weighted by Crippen LogP contribution is -2.31. The van der Waals surface area contributed by atoms with Gasteiger partial charge in [-0.2, -0.15) is 0 Å². The monoisotopic (exact) mass is 271 g/mol. The molecule has 0 aliphatic rings. The highest BCUT2D eigenvalue weighted by atomic mass is 16.5. The number of nitrogens with one attached hydrogen (secondary N) is 2. The van der Waals surface area contributed by atoms with Crippen LogP contribution in [0.25, 0.3) is 0 Å². The Kier molecular flexibility index (Phi) is 8.85. The first kappa shape index (κ1) is 18.3. The minimum Gasteiger partial charge on any atom is -0.389 e. The van der Waals surface area contributed by atoms with E-state index in [2.05, 4.69) is 38.3 Å². The van der Waals surface area contributed by atoms with Crippen LogP contribution < -0.4 is 16.4 Å². The minimum absolute atomic E-state index is 0.0787. The van der Waals surface area contributed by atoms with Crippen molar-refractivity contribution in [1.29, 1.82) is 0 Å². The standard InChI is InChI=1S/C15H33N3O/c1-12(2)7-10-19-15(4,5)8-9-18-13(3)14(11-16)17-6/h12,17-18H,7-11,16H2,1-6H3/b14-13-. The molecule has 114 valence electrons. The van der Waals surface area contributed by atoms with Gasteiger partial charge in [-0.1, -0.05) is 13.8 Å². The van der Waals surface area contributed by atoms with Crippen LogP contribution in [0, 0.1) is 5.92 Å². The fourth-order valence-electron chi connectivity index (χ4n) is 1.74. The Morgan fingerprint density at radius 1 is 1.32 bits per heavy atom. The van der Waals surface area contributed by atoms with E-state index >= 15 is 0 Å². The Balaban J connectivity index is 4.00. The van der Waals surface area contributed by atoms with Gasteiger partial charge in [0.05, 0.1) is 5.60 Å². The predicted molar refractivity (Wildman–Crippen MR) is 82.9 cm³/mol. The maximum absolute atomic E-state index is 5.94. The Hall–Kier alpha value is -0.740. The SMILES string of the molecule is CN/C(CN)=C(/C)NCCC(C)(C)OCCC(C)C. The largest absolute Gasteiger partial charge is 0.389 e. The highest BCUT2D eigenvalue weighted by Crippen LogP contribution is 2.15. The van der Waals surface area contributed by atoms with Crippen LogP contribution in [0.3, 0.4) is 0 Å². The van der Waals surface area contributed by atoms with Gasteiger partial charge in [-0.05, 0) is 39.5 Å². The van der Waals surface area contributed by atoms with E-state index in [1.54, 1.807) is 0 Å². The van der Waals surface area contributed by atoms with E-state index in [4.69, 9.17) is 10.5 Å². The number of ether oxygens (including phenoxy) is 1. The molecule has 0 aliphatic carbocycles. The molecule has 0 saturated carbocycles. The van der Waals surface area contributed by atoms with E-state index in [9.17, 15) is 0 Å². The molecule has 4 heteroatoms. The molecule has 0 aromatic heterocycles. The second kappa shape index (κ2) is 9.21. The third kappa shape index (κ3) is 8.89. The Morgan fingerprint density at radius 3 is 2.42 bits per heavy atom. The van der Waals surface area contributed by atoms with Crippen LogP contribution in [0.1, 0.15) is 47.5 Å². The summed E-state index contributed by atoms with van der Waals surface area (Å²) in [5.74, 6) is 0.696. The predicted octanol–water partition coefficient (Wildman–Crippen LogP) is 2.22. The molecule has 0 atom stereocenters. The number of hydrogen-bond acceptors (Lipinski definition) is 4. The van der Waals surface area contributed by atoms with Gasteiger partial charge in [0.2, 0.25) is 0 Å². The molecule has 0 bridgehead atoms. The molecular formula is C15H33N3O. The smallest absolute Gasteiger partial charge is 0.0643 e. The van der Waals surface area contributed by atoms with Crippen molar-refractivity contribution in [2.24, 2.45) is 11.7 Å². The Bertz CT molecular complexity index is 267. The molecule has 0 rings (SSSR count). The van der Waals surface area contributed by atoms with Crippen LogP contribution in [0.15, 0.2) is 11.4 Å². The van der Waals surface area contributed by atoms with Gasteiger partial charge in [0, 0.05) is 38.1 Å². The molecule has 19 heavy (non-hydrogen) atoms. The molecule has 0 unspecified atom stereocenters. The normalized spacial score (nSPS) is 13.5. The number of rotatable bonds is 10. The van der Waals surface area contributed by atoms with Gasteiger partial charge in [-0.3, -0.25) is 0 Å². The van der Waals surface area contributed by atoms with Crippen molar-refractivity contribution in [2.75, 3.05) is 26.7 Å². The topological polar surface area (TPSA) is 59.3 Å². The van der Waals surface area contributed by atoms with E-state index in [0.717, 1.165) is 37.4 Å². The zero-order chi connectivity index (χ0) is 14.9.